The minimum Gasteiger partial charge on any atom is -0.480 e. The van der Waals surface area contributed by atoms with Crippen LogP contribution in [-0.4, -0.2) is 35.9 Å². The summed E-state index contributed by atoms with van der Waals surface area (Å²) in [6.45, 7) is 3.99. The lowest BCUT2D eigenvalue weighted by atomic mass is 9.64. The molecule has 0 aromatic carbocycles. The summed E-state index contributed by atoms with van der Waals surface area (Å²) in [6, 6.07) is 1.61. The zero-order valence-electron chi connectivity index (χ0n) is 10.7. The number of hydrogen-bond acceptors (Lipinski definition) is 4. The number of rotatable bonds is 3. The van der Waals surface area contributed by atoms with Gasteiger partial charge in [0.15, 0.2) is 0 Å². The van der Waals surface area contributed by atoms with Gasteiger partial charge in [-0.1, -0.05) is 6.92 Å². The number of sulfonamides is 1. The van der Waals surface area contributed by atoms with Crippen LogP contribution in [0.2, 0.25) is 0 Å². The molecule has 1 aromatic heterocycles. The number of aliphatic carboxylic acids is 1. The quantitative estimate of drug-likeness (QED) is 0.919. The number of carboxylic acid groups (broad SMARTS) is 1. The van der Waals surface area contributed by atoms with Gasteiger partial charge in [-0.2, -0.15) is 4.31 Å². The number of nitrogens with zero attached hydrogens (tertiary/aromatic N) is 1. The van der Waals surface area contributed by atoms with Crippen molar-refractivity contribution < 1.29 is 18.3 Å². The summed E-state index contributed by atoms with van der Waals surface area (Å²) in [5.74, 6) is -0.960. The molecule has 2 aliphatic heterocycles. The van der Waals surface area contributed by atoms with Crippen molar-refractivity contribution >= 4 is 27.3 Å². The van der Waals surface area contributed by atoms with Crippen LogP contribution in [0.1, 0.15) is 18.9 Å². The van der Waals surface area contributed by atoms with E-state index in [-0.39, 0.29) is 16.0 Å². The third-order valence-electron chi connectivity index (χ3n) is 4.50. The van der Waals surface area contributed by atoms with Crippen molar-refractivity contribution in [1.82, 2.24) is 4.31 Å². The van der Waals surface area contributed by atoms with Crippen molar-refractivity contribution in [2.75, 3.05) is 6.54 Å². The van der Waals surface area contributed by atoms with Gasteiger partial charge in [0.25, 0.3) is 10.0 Å². The highest BCUT2D eigenvalue weighted by Gasteiger charge is 2.70. The second-order valence-corrected chi connectivity index (χ2v) is 8.46. The second-order valence-electron chi connectivity index (χ2n) is 5.46. The van der Waals surface area contributed by atoms with Gasteiger partial charge < -0.3 is 5.11 Å². The molecule has 2 saturated heterocycles. The van der Waals surface area contributed by atoms with E-state index in [4.69, 9.17) is 0 Å². The lowest BCUT2D eigenvalue weighted by Crippen LogP contribution is -2.59. The molecule has 3 fully saturated rings. The Balaban J connectivity index is 2.06. The summed E-state index contributed by atoms with van der Waals surface area (Å²) in [4.78, 5) is 11.6. The van der Waals surface area contributed by atoms with E-state index in [1.54, 1.807) is 11.4 Å². The van der Waals surface area contributed by atoms with Crippen LogP contribution in [0.3, 0.4) is 0 Å². The Morgan fingerprint density at radius 2 is 2.26 bits per heavy atom. The molecule has 104 valence electrons. The minimum absolute atomic E-state index is 0.110. The van der Waals surface area contributed by atoms with Crippen molar-refractivity contribution in [1.29, 1.82) is 0 Å². The van der Waals surface area contributed by atoms with Gasteiger partial charge >= 0.3 is 5.97 Å². The Morgan fingerprint density at radius 3 is 2.74 bits per heavy atom. The molecule has 1 N–H and O–H groups in total. The monoisotopic (exact) mass is 301 g/mol. The van der Waals surface area contributed by atoms with Gasteiger partial charge in [0.1, 0.15) is 9.75 Å². The first-order chi connectivity index (χ1) is 8.80. The van der Waals surface area contributed by atoms with E-state index >= 15 is 0 Å². The molecule has 1 saturated carbocycles. The third-order valence-corrected chi connectivity index (χ3v) is 7.94. The summed E-state index contributed by atoms with van der Waals surface area (Å²) >= 11 is 1.15. The van der Waals surface area contributed by atoms with Crippen LogP contribution in [0.15, 0.2) is 15.7 Å². The smallest absolute Gasteiger partial charge is 0.325 e. The minimum atomic E-state index is -3.69. The predicted octanol–water partition coefficient (Wildman–Crippen LogP) is 1.54. The van der Waals surface area contributed by atoms with Gasteiger partial charge in [-0.15, -0.1) is 11.3 Å². The van der Waals surface area contributed by atoms with Gasteiger partial charge in [0.2, 0.25) is 0 Å². The number of thiophene rings is 1. The molecule has 5 nitrogen and oxygen atoms in total. The van der Waals surface area contributed by atoms with Crippen LogP contribution < -0.4 is 0 Å². The molecule has 19 heavy (non-hydrogen) atoms. The van der Waals surface area contributed by atoms with E-state index < -0.39 is 21.5 Å². The fourth-order valence-electron chi connectivity index (χ4n) is 3.27. The van der Waals surface area contributed by atoms with Crippen LogP contribution >= 0.6 is 11.3 Å². The molecular formula is C12H15NO4S2. The maximum absolute atomic E-state index is 12.6. The van der Waals surface area contributed by atoms with E-state index in [9.17, 15) is 18.3 Å². The normalized spacial score (nSPS) is 34.2. The van der Waals surface area contributed by atoms with E-state index in [1.165, 1.54) is 4.31 Å². The summed E-state index contributed by atoms with van der Waals surface area (Å²) in [6.07, 6.45) is 0.438. The second kappa shape index (κ2) is 3.80. The average Bonchev–Trinajstić information content (AvgIpc) is 2.98. The molecule has 1 aliphatic carbocycles. The topological polar surface area (TPSA) is 74.7 Å². The molecule has 3 heterocycles. The zero-order valence-corrected chi connectivity index (χ0v) is 12.3. The molecule has 2 bridgehead atoms. The van der Waals surface area contributed by atoms with Crippen LogP contribution in [0.25, 0.3) is 0 Å². The van der Waals surface area contributed by atoms with E-state index in [0.29, 0.717) is 13.0 Å². The van der Waals surface area contributed by atoms with Crippen molar-refractivity contribution in [2.24, 2.45) is 11.8 Å². The number of aryl methyl sites for hydroxylation is 1. The Kier molecular flexibility index (Phi) is 2.62. The van der Waals surface area contributed by atoms with E-state index in [1.807, 2.05) is 13.8 Å². The first-order valence-corrected chi connectivity index (χ1v) is 8.43. The molecule has 4 rings (SSSR count). The molecule has 0 amide bonds. The molecule has 1 aromatic rings. The Labute approximate surface area is 115 Å². The van der Waals surface area contributed by atoms with Gasteiger partial charge in [0.05, 0.1) is 0 Å². The summed E-state index contributed by atoms with van der Waals surface area (Å²) in [5, 5.41) is 11.2. The molecular weight excluding hydrogens is 286 g/mol. The van der Waals surface area contributed by atoms with Gasteiger partial charge in [0, 0.05) is 6.54 Å². The highest BCUT2D eigenvalue weighted by atomic mass is 32.2. The fourth-order valence-corrected chi connectivity index (χ4v) is 6.48. The third kappa shape index (κ3) is 1.49. The SMILES string of the molecule is Cc1csc(S(=O)(=O)N2C[C@@H]3C[C@@]2(C(=O)O)[C@@H]3C)c1. The van der Waals surface area contributed by atoms with E-state index in [2.05, 4.69) is 0 Å². The van der Waals surface area contributed by atoms with Crippen molar-refractivity contribution in [3.8, 4) is 0 Å². The first-order valence-electron chi connectivity index (χ1n) is 6.11. The summed E-state index contributed by atoms with van der Waals surface area (Å²) in [5.41, 5.74) is -0.339. The maximum Gasteiger partial charge on any atom is 0.325 e. The molecule has 3 atom stereocenters. The predicted molar refractivity (Wildman–Crippen MR) is 70.6 cm³/mol. The number of carboxylic acids is 1. The highest BCUT2D eigenvalue weighted by Crippen LogP contribution is 2.57. The Bertz CT molecular complexity index is 650. The van der Waals surface area contributed by atoms with Crippen LogP contribution in [-0.2, 0) is 14.8 Å². The van der Waals surface area contributed by atoms with Crippen LogP contribution in [0.5, 0.6) is 0 Å². The first kappa shape index (κ1) is 13.1. The number of carbonyl (C=O) groups is 1. The number of fused-ring (bicyclic) bond motifs is 1. The van der Waals surface area contributed by atoms with Crippen molar-refractivity contribution in [2.45, 2.75) is 30.0 Å². The largest absolute Gasteiger partial charge is 0.480 e. The average molecular weight is 301 g/mol. The number of hydrogen-bond donors (Lipinski definition) is 1. The van der Waals surface area contributed by atoms with Crippen LogP contribution in [0, 0.1) is 18.8 Å². The Morgan fingerprint density at radius 1 is 1.58 bits per heavy atom. The zero-order chi connectivity index (χ0) is 14.0. The molecule has 0 radical (unpaired) electrons. The molecule has 7 heteroatoms. The molecule has 0 spiro atoms. The van der Waals surface area contributed by atoms with E-state index in [0.717, 1.165) is 16.9 Å². The van der Waals surface area contributed by atoms with Gasteiger partial charge in [-0.3, -0.25) is 4.79 Å². The lowest BCUT2D eigenvalue weighted by Gasteiger charge is -2.43. The Hall–Kier alpha value is -0.920. The lowest BCUT2D eigenvalue weighted by molar-refractivity contribution is -0.154. The van der Waals surface area contributed by atoms with Gasteiger partial charge in [-0.25, -0.2) is 8.42 Å². The van der Waals surface area contributed by atoms with Crippen LogP contribution in [0.4, 0.5) is 0 Å². The molecule has 3 aliphatic rings. The highest BCUT2D eigenvalue weighted by molar-refractivity contribution is 7.91. The maximum atomic E-state index is 12.6. The summed E-state index contributed by atoms with van der Waals surface area (Å²) < 4.78 is 26.7. The fraction of sp³-hybridized carbons (Fsp3) is 0.583. The molecule has 0 unspecified atom stereocenters. The van der Waals surface area contributed by atoms with Crippen molar-refractivity contribution in [3.63, 3.8) is 0 Å². The standard InChI is InChI=1S/C12H15NO4S2/c1-7-3-10(18-6-7)19(16,17)13-5-9-4-12(13,8(9)2)11(14)15/h3,6,8-9H,4-5H2,1-2H3,(H,14,15)/t8-,9+,12+/m1/s1. The van der Waals surface area contributed by atoms with Crippen molar-refractivity contribution in [3.05, 3.63) is 17.0 Å². The summed E-state index contributed by atoms with van der Waals surface area (Å²) in [7, 11) is -3.69. The van der Waals surface area contributed by atoms with Gasteiger partial charge in [-0.05, 0) is 42.2 Å².